The fourth-order valence-electron chi connectivity index (χ4n) is 4.34. The Morgan fingerprint density at radius 1 is 1.19 bits per heavy atom. The van der Waals surface area contributed by atoms with Gasteiger partial charge in [-0.25, -0.2) is 0 Å². The molecule has 6 nitrogen and oxygen atoms in total. The van der Waals surface area contributed by atoms with Crippen molar-refractivity contribution in [2.24, 2.45) is 13.0 Å². The maximum Gasteiger partial charge on any atom is 0.263 e. The van der Waals surface area contributed by atoms with Crippen molar-refractivity contribution in [3.8, 4) is 0 Å². The van der Waals surface area contributed by atoms with Gasteiger partial charge in [0.2, 0.25) is 0 Å². The first-order chi connectivity index (χ1) is 12.4. The molecule has 2 fully saturated rings. The van der Waals surface area contributed by atoms with Crippen molar-refractivity contribution in [3.05, 3.63) is 33.2 Å². The monoisotopic (exact) mass is 361 g/mol. The van der Waals surface area contributed by atoms with Crippen LogP contribution in [0.4, 0.5) is 0 Å². The van der Waals surface area contributed by atoms with Gasteiger partial charge in [0.15, 0.2) is 0 Å². The molecule has 1 amide bonds. The first-order valence-corrected chi connectivity index (χ1v) is 9.73. The maximum atomic E-state index is 13.1. The highest BCUT2D eigenvalue weighted by atomic mass is 16.3. The fraction of sp³-hybridized carbons (Fsp3) is 0.700. The zero-order valence-corrected chi connectivity index (χ0v) is 16.2. The van der Waals surface area contributed by atoms with Gasteiger partial charge in [-0.2, -0.15) is 0 Å². The fourth-order valence-corrected chi connectivity index (χ4v) is 4.34. The molecule has 2 saturated heterocycles. The van der Waals surface area contributed by atoms with Gasteiger partial charge >= 0.3 is 0 Å². The van der Waals surface area contributed by atoms with Crippen LogP contribution < -0.4 is 5.56 Å². The first-order valence-electron chi connectivity index (χ1n) is 9.73. The Kier molecular flexibility index (Phi) is 5.82. The topological polar surface area (TPSA) is 65.8 Å². The summed E-state index contributed by atoms with van der Waals surface area (Å²) >= 11 is 0. The summed E-state index contributed by atoms with van der Waals surface area (Å²) in [4.78, 5) is 30.1. The van der Waals surface area contributed by atoms with Gasteiger partial charge in [0.05, 0.1) is 0 Å². The van der Waals surface area contributed by atoms with Crippen LogP contribution in [0, 0.1) is 19.8 Å². The molecule has 1 N–H and O–H groups in total. The molecule has 0 radical (unpaired) electrons. The highest BCUT2D eigenvalue weighted by Gasteiger charge is 2.32. The number of carbonyl (C=O) groups is 1. The molecule has 0 unspecified atom stereocenters. The number of rotatable bonds is 3. The summed E-state index contributed by atoms with van der Waals surface area (Å²) in [6.45, 7) is 7.40. The molecule has 1 aromatic rings. The second kappa shape index (κ2) is 7.92. The van der Waals surface area contributed by atoms with Gasteiger partial charge in [-0.15, -0.1) is 0 Å². The molecule has 1 aromatic heterocycles. The summed E-state index contributed by atoms with van der Waals surface area (Å²) in [5.74, 6) is 0.295. The van der Waals surface area contributed by atoms with Gasteiger partial charge in [0.1, 0.15) is 5.56 Å². The van der Waals surface area contributed by atoms with E-state index in [4.69, 9.17) is 0 Å². The Labute approximate surface area is 155 Å². The predicted octanol–water partition coefficient (Wildman–Crippen LogP) is 1.31. The third kappa shape index (κ3) is 3.71. The van der Waals surface area contributed by atoms with E-state index in [0.29, 0.717) is 24.1 Å². The minimum atomic E-state index is -0.196. The molecule has 0 aromatic carbocycles. The molecule has 2 aliphatic heterocycles. The lowest BCUT2D eigenvalue weighted by Crippen LogP contribution is -2.52. The zero-order chi connectivity index (χ0) is 18.8. The molecular weight excluding hydrogens is 330 g/mol. The Bertz CT molecular complexity index is 720. The minimum absolute atomic E-state index is 0.127. The van der Waals surface area contributed by atoms with Crippen LogP contribution in [0.15, 0.2) is 10.9 Å². The molecule has 0 aliphatic carbocycles. The standard InChI is InChI=1S/C20H31N3O3/c1-14-11-15(2)21(3)19(25)18(14)20(26)23-8-4-5-17(12-23)22-9-6-16(13-24)7-10-22/h11,16-17,24H,4-10,12-13H2,1-3H3/t17-/m1/s1. The van der Waals surface area contributed by atoms with E-state index in [1.54, 1.807) is 11.6 Å². The second-order valence-electron chi connectivity index (χ2n) is 7.92. The molecule has 0 saturated carbocycles. The molecule has 1 atom stereocenters. The summed E-state index contributed by atoms with van der Waals surface area (Å²) in [6.07, 6.45) is 4.12. The Hall–Kier alpha value is -1.66. The summed E-state index contributed by atoms with van der Waals surface area (Å²) in [7, 11) is 1.72. The van der Waals surface area contributed by atoms with Crippen molar-refractivity contribution < 1.29 is 9.90 Å². The normalized spacial score (nSPS) is 22.6. The number of likely N-dealkylation sites (tertiary alicyclic amines) is 2. The maximum absolute atomic E-state index is 13.1. The van der Waals surface area contributed by atoms with Crippen LogP contribution in [-0.2, 0) is 7.05 Å². The molecule has 3 rings (SSSR count). The summed E-state index contributed by atoms with van der Waals surface area (Å²) < 4.78 is 1.56. The van der Waals surface area contributed by atoms with Crippen LogP contribution in [0.5, 0.6) is 0 Å². The van der Waals surface area contributed by atoms with Gasteiger partial charge in [-0.3, -0.25) is 14.5 Å². The molecule has 0 bridgehead atoms. The molecular formula is C20H31N3O3. The molecule has 6 heteroatoms. The number of aromatic nitrogens is 1. The molecule has 26 heavy (non-hydrogen) atoms. The average Bonchev–Trinajstić information content (AvgIpc) is 2.66. The summed E-state index contributed by atoms with van der Waals surface area (Å²) in [5.41, 5.74) is 1.75. The number of hydrogen-bond donors (Lipinski definition) is 1. The predicted molar refractivity (Wildman–Crippen MR) is 101 cm³/mol. The molecule has 3 heterocycles. The number of carbonyl (C=O) groups excluding carboxylic acids is 1. The number of hydrogen-bond acceptors (Lipinski definition) is 4. The van der Waals surface area contributed by atoms with E-state index in [1.165, 1.54) is 0 Å². The van der Waals surface area contributed by atoms with Crippen LogP contribution in [0.3, 0.4) is 0 Å². The number of aryl methyl sites for hydroxylation is 2. The van der Waals surface area contributed by atoms with Crippen LogP contribution in [0.25, 0.3) is 0 Å². The van der Waals surface area contributed by atoms with Crippen molar-refractivity contribution in [2.75, 3.05) is 32.8 Å². The van der Waals surface area contributed by atoms with Crippen LogP contribution in [-0.4, -0.2) is 64.2 Å². The van der Waals surface area contributed by atoms with Gasteiger partial charge in [-0.1, -0.05) is 0 Å². The van der Waals surface area contributed by atoms with Crippen molar-refractivity contribution in [1.29, 1.82) is 0 Å². The molecule has 144 valence electrons. The number of aliphatic hydroxyl groups is 1. The minimum Gasteiger partial charge on any atom is -0.396 e. The van der Waals surface area contributed by atoms with E-state index >= 15 is 0 Å². The lowest BCUT2D eigenvalue weighted by molar-refractivity contribution is 0.0444. The largest absolute Gasteiger partial charge is 0.396 e. The first kappa shape index (κ1) is 19.1. The quantitative estimate of drug-likeness (QED) is 0.882. The Balaban J connectivity index is 1.73. The Morgan fingerprint density at radius 3 is 2.54 bits per heavy atom. The van der Waals surface area contributed by atoms with Gasteiger partial charge < -0.3 is 14.6 Å². The lowest BCUT2D eigenvalue weighted by atomic mass is 9.94. The number of piperidine rings is 2. The van der Waals surface area contributed by atoms with Crippen molar-refractivity contribution in [2.45, 2.75) is 45.6 Å². The van der Waals surface area contributed by atoms with Crippen molar-refractivity contribution in [1.82, 2.24) is 14.4 Å². The van der Waals surface area contributed by atoms with Crippen LogP contribution in [0.2, 0.25) is 0 Å². The average molecular weight is 361 g/mol. The van der Waals surface area contributed by atoms with Crippen molar-refractivity contribution in [3.63, 3.8) is 0 Å². The van der Waals surface area contributed by atoms with E-state index in [0.717, 1.165) is 56.6 Å². The number of pyridine rings is 1. The van der Waals surface area contributed by atoms with E-state index < -0.39 is 0 Å². The number of aliphatic hydroxyl groups excluding tert-OH is 1. The van der Waals surface area contributed by atoms with Gasteiger partial charge in [0, 0.05) is 38.5 Å². The molecule has 2 aliphatic rings. The highest BCUT2D eigenvalue weighted by Crippen LogP contribution is 2.24. The van der Waals surface area contributed by atoms with E-state index in [2.05, 4.69) is 4.90 Å². The van der Waals surface area contributed by atoms with Crippen LogP contribution >= 0.6 is 0 Å². The van der Waals surface area contributed by atoms with Gasteiger partial charge in [0.25, 0.3) is 11.5 Å². The third-order valence-electron chi connectivity index (χ3n) is 6.19. The number of amides is 1. The van der Waals surface area contributed by atoms with Gasteiger partial charge in [-0.05, 0) is 70.2 Å². The lowest BCUT2D eigenvalue weighted by Gasteiger charge is -2.42. The van der Waals surface area contributed by atoms with E-state index in [-0.39, 0.29) is 18.1 Å². The zero-order valence-electron chi connectivity index (χ0n) is 16.2. The van der Waals surface area contributed by atoms with E-state index in [9.17, 15) is 14.7 Å². The van der Waals surface area contributed by atoms with Crippen LogP contribution in [0.1, 0.15) is 47.3 Å². The SMILES string of the molecule is Cc1cc(C)n(C)c(=O)c1C(=O)N1CCC[C@@H](N2CCC(CO)CC2)C1. The summed E-state index contributed by atoms with van der Waals surface area (Å²) in [6, 6.07) is 2.28. The smallest absolute Gasteiger partial charge is 0.263 e. The summed E-state index contributed by atoms with van der Waals surface area (Å²) in [5, 5.41) is 9.32. The van der Waals surface area contributed by atoms with Crippen molar-refractivity contribution >= 4 is 5.91 Å². The van der Waals surface area contributed by atoms with E-state index in [1.807, 2.05) is 24.8 Å². The third-order valence-corrected chi connectivity index (χ3v) is 6.19. The number of nitrogens with zero attached hydrogens (tertiary/aromatic N) is 3. The highest BCUT2D eigenvalue weighted by molar-refractivity contribution is 5.95. The second-order valence-corrected chi connectivity index (χ2v) is 7.92. The molecule has 0 spiro atoms. The Morgan fingerprint density at radius 2 is 1.88 bits per heavy atom.